The first-order valence-electron chi connectivity index (χ1n) is 3.97. The van der Waals surface area contributed by atoms with Gasteiger partial charge < -0.3 is 5.73 Å². The Morgan fingerprint density at radius 3 is 2.77 bits per heavy atom. The Labute approximate surface area is 76.4 Å². The first-order valence-corrected chi connectivity index (χ1v) is 3.97. The molecule has 0 heterocycles. The van der Waals surface area contributed by atoms with Crippen molar-refractivity contribution in [3.63, 3.8) is 0 Å². The van der Waals surface area contributed by atoms with Crippen molar-refractivity contribution in [3.05, 3.63) is 47.8 Å². The largest absolute Gasteiger partial charge is 0.399 e. The van der Waals surface area contributed by atoms with Crippen LogP contribution in [0.3, 0.4) is 0 Å². The van der Waals surface area contributed by atoms with Crippen LogP contribution in [0.2, 0.25) is 0 Å². The number of anilines is 1. The van der Waals surface area contributed by atoms with Gasteiger partial charge in [-0.3, -0.25) is 0 Å². The summed E-state index contributed by atoms with van der Waals surface area (Å²) in [6, 6.07) is 11.2. The number of nitrogens with zero attached hydrogens (tertiary/aromatic N) is 1. The quantitative estimate of drug-likeness (QED) is 0.475. The highest BCUT2D eigenvalue weighted by Gasteiger charge is 1.98. The van der Waals surface area contributed by atoms with Crippen molar-refractivity contribution < 1.29 is 0 Å². The van der Waals surface area contributed by atoms with Gasteiger partial charge >= 0.3 is 0 Å². The molecule has 0 saturated carbocycles. The van der Waals surface area contributed by atoms with Gasteiger partial charge in [-0.25, -0.2) is 4.85 Å². The maximum absolute atomic E-state index is 6.97. The van der Waals surface area contributed by atoms with Gasteiger partial charge in [0.1, 0.15) is 0 Å². The predicted molar refractivity (Wildman–Crippen MR) is 54.6 cm³/mol. The molecule has 0 aromatic heterocycles. The van der Waals surface area contributed by atoms with Gasteiger partial charge in [0.25, 0.3) is 0 Å². The summed E-state index contributed by atoms with van der Waals surface area (Å²) in [5.41, 5.74) is 7.05. The second kappa shape index (κ2) is 2.80. The second-order valence-corrected chi connectivity index (χ2v) is 2.87. The Kier molecular flexibility index (Phi) is 1.64. The molecular formula is C11H8N2. The van der Waals surface area contributed by atoms with Crippen LogP contribution in [0.25, 0.3) is 15.6 Å². The van der Waals surface area contributed by atoms with Crippen LogP contribution in [0, 0.1) is 6.57 Å². The lowest BCUT2D eigenvalue weighted by molar-refractivity contribution is 1.73. The van der Waals surface area contributed by atoms with Crippen molar-refractivity contribution in [2.45, 2.75) is 0 Å². The third-order valence-electron chi connectivity index (χ3n) is 2.00. The summed E-state index contributed by atoms with van der Waals surface area (Å²) in [5.74, 6) is 0. The van der Waals surface area contributed by atoms with Crippen LogP contribution in [0.5, 0.6) is 0 Å². The molecule has 0 atom stereocenters. The number of benzene rings is 2. The highest BCUT2D eigenvalue weighted by atomic mass is 14.6. The Morgan fingerprint density at radius 1 is 1.15 bits per heavy atom. The lowest BCUT2D eigenvalue weighted by atomic mass is 10.1. The maximum Gasteiger partial charge on any atom is 0.194 e. The molecule has 0 spiro atoms. The molecule has 2 rings (SSSR count). The zero-order chi connectivity index (χ0) is 9.26. The van der Waals surface area contributed by atoms with E-state index in [4.69, 9.17) is 12.3 Å². The highest BCUT2D eigenvalue weighted by molar-refractivity contribution is 5.95. The third-order valence-corrected chi connectivity index (χ3v) is 2.00. The van der Waals surface area contributed by atoms with Crippen molar-refractivity contribution >= 4 is 22.1 Å². The van der Waals surface area contributed by atoms with E-state index in [0.29, 0.717) is 5.69 Å². The van der Waals surface area contributed by atoms with Crippen molar-refractivity contribution in [1.29, 1.82) is 0 Å². The van der Waals surface area contributed by atoms with E-state index in [9.17, 15) is 0 Å². The summed E-state index contributed by atoms with van der Waals surface area (Å²) in [6.07, 6.45) is 0. The fourth-order valence-electron chi connectivity index (χ4n) is 1.38. The SMILES string of the molecule is [C-]#[N+]c1cccc2cc(N)ccc12. The van der Waals surface area contributed by atoms with Crippen molar-refractivity contribution in [3.8, 4) is 0 Å². The molecule has 2 aromatic carbocycles. The fraction of sp³-hybridized carbons (Fsp3) is 0. The van der Waals surface area contributed by atoms with Gasteiger partial charge in [-0.2, -0.15) is 0 Å². The molecular weight excluding hydrogens is 160 g/mol. The van der Waals surface area contributed by atoms with E-state index in [1.54, 1.807) is 0 Å². The minimum atomic E-state index is 0.678. The van der Waals surface area contributed by atoms with E-state index in [0.717, 1.165) is 16.5 Å². The van der Waals surface area contributed by atoms with Gasteiger partial charge in [-0.05, 0) is 22.9 Å². The summed E-state index contributed by atoms with van der Waals surface area (Å²) in [5, 5.41) is 1.99. The summed E-state index contributed by atoms with van der Waals surface area (Å²) < 4.78 is 0. The van der Waals surface area contributed by atoms with Crippen LogP contribution in [0.1, 0.15) is 0 Å². The minimum Gasteiger partial charge on any atom is -0.399 e. The van der Waals surface area contributed by atoms with Crippen LogP contribution in [-0.4, -0.2) is 0 Å². The minimum absolute atomic E-state index is 0.678. The Balaban J connectivity index is 2.87. The van der Waals surface area contributed by atoms with Crippen molar-refractivity contribution in [1.82, 2.24) is 0 Å². The second-order valence-electron chi connectivity index (χ2n) is 2.87. The summed E-state index contributed by atoms with van der Waals surface area (Å²) in [4.78, 5) is 3.44. The van der Waals surface area contributed by atoms with E-state index < -0.39 is 0 Å². The molecule has 2 nitrogen and oxygen atoms in total. The summed E-state index contributed by atoms with van der Waals surface area (Å²) in [7, 11) is 0. The molecule has 62 valence electrons. The average Bonchev–Trinajstić information content (AvgIpc) is 2.16. The van der Waals surface area contributed by atoms with Gasteiger partial charge in [-0.15, -0.1) is 0 Å². The first-order chi connectivity index (χ1) is 6.31. The molecule has 2 aromatic rings. The van der Waals surface area contributed by atoms with E-state index in [-0.39, 0.29) is 0 Å². The molecule has 2 heteroatoms. The number of hydrogen-bond acceptors (Lipinski definition) is 1. The number of hydrogen-bond donors (Lipinski definition) is 1. The molecule has 0 aliphatic carbocycles. The number of nitrogens with two attached hydrogens (primary N) is 1. The molecule has 0 saturated heterocycles. The smallest absolute Gasteiger partial charge is 0.194 e. The van der Waals surface area contributed by atoms with Crippen LogP contribution >= 0.6 is 0 Å². The van der Waals surface area contributed by atoms with Crippen LogP contribution in [0.15, 0.2) is 36.4 Å². The van der Waals surface area contributed by atoms with E-state index in [2.05, 4.69) is 4.85 Å². The molecule has 0 unspecified atom stereocenters. The van der Waals surface area contributed by atoms with Crippen LogP contribution in [0.4, 0.5) is 11.4 Å². The normalized spacial score (nSPS) is 9.77. The standard InChI is InChI=1S/C11H8N2/c1-13-11-4-2-3-8-7-9(12)5-6-10(8)11/h2-7H,12H2. The molecule has 0 radical (unpaired) electrons. The molecule has 0 amide bonds. The number of fused-ring (bicyclic) bond motifs is 1. The third kappa shape index (κ3) is 1.21. The number of nitrogen functional groups attached to an aromatic ring is 1. The van der Waals surface area contributed by atoms with Crippen molar-refractivity contribution in [2.75, 3.05) is 5.73 Å². The van der Waals surface area contributed by atoms with Gasteiger partial charge in [0.05, 0.1) is 6.57 Å². The molecule has 2 N–H and O–H groups in total. The molecule has 0 bridgehead atoms. The van der Waals surface area contributed by atoms with Gasteiger partial charge in [-0.1, -0.05) is 24.3 Å². The van der Waals surface area contributed by atoms with E-state index >= 15 is 0 Å². The van der Waals surface area contributed by atoms with Gasteiger partial charge in [0.15, 0.2) is 5.69 Å². The lowest BCUT2D eigenvalue weighted by Gasteiger charge is -2.00. The zero-order valence-corrected chi connectivity index (χ0v) is 6.99. The van der Waals surface area contributed by atoms with Gasteiger partial charge in [0.2, 0.25) is 0 Å². The van der Waals surface area contributed by atoms with Crippen molar-refractivity contribution in [2.24, 2.45) is 0 Å². The molecule has 0 aliphatic rings. The topological polar surface area (TPSA) is 30.4 Å². The molecule has 13 heavy (non-hydrogen) atoms. The molecule has 0 aliphatic heterocycles. The fourth-order valence-corrected chi connectivity index (χ4v) is 1.38. The predicted octanol–water partition coefficient (Wildman–Crippen LogP) is 2.97. The zero-order valence-electron chi connectivity index (χ0n) is 6.99. The number of rotatable bonds is 0. The summed E-state index contributed by atoms with van der Waals surface area (Å²) in [6.45, 7) is 6.97. The summed E-state index contributed by atoms with van der Waals surface area (Å²) >= 11 is 0. The van der Waals surface area contributed by atoms with E-state index in [1.165, 1.54) is 0 Å². The van der Waals surface area contributed by atoms with E-state index in [1.807, 2.05) is 36.4 Å². The Hall–Kier alpha value is -2.01. The van der Waals surface area contributed by atoms with Crippen LogP contribution < -0.4 is 5.73 Å². The maximum atomic E-state index is 6.97. The lowest BCUT2D eigenvalue weighted by Crippen LogP contribution is -1.83. The monoisotopic (exact) mass is 168 g/mol. The van der Waals surface area contributed by atoms with Crippen LogP contribution in [-0.2, 0) is 0 Å². The molecule has 0 fully saturated rings. The Bertz CT molecular complexity index is 495. The first kappa shape index (κ1) is 7.63. The average molecular weight is 168 g/mol. The Morgan fingerprint density at radius 2 is 2.00 bits per heavy atom. The highest BCUT2D eigenvalue weighted by Crippen LogP contribution is 2.26. The van der Waals surface area contributed by atoms with Gasteiger partial charge in [0, 0.05) is 5.69 Å².